The largest absolute Gasteiger partial charge is 0.497 e. The van der Waals surface area contributed by atoms with Gasteiger partial charge in [0.25, 0.3) is 5.89 Å². The van der Waals surface area contributed by atoms with Crippen LogP contribution in [0.1, 0.15) is 11.5 Å². The second kappa shape index (κ2) is 6.62. The van der Waals surface area contributed by atoms with Gasteiger partial charge in [0.2, 0.25) is 5.82 Å². The van der Waals surface area contributed by atoms with E-state index in [2.05, 4.69) is 16.2 Å². The summed E-state index contributed by atoms with van der Waals surface area (Å²) in [5.74, 6) is 2.26. The van der Waals surface area contributed by atoms with Crippen molar-refractivity contribution in [3.8, 4) is 29.0 Å². The van der Waals surface area contributed by atoms with Gasteiger partial charge in [-0.15, -0.1) is 0 Å². The Balaban J connectivity index is 1.65. The van der Waals surface area contributed by atoms with Crippen LogP contribution in [0.3, 0.4) is 0 Å². The number of aromatic nitrogens is 2. The zero-order valence-electron chi connectivity index (χ0n) is 12.4. The van der Waals surface area contributed by atoms with Gasteiger partial charge < -0.3 is 14.0 Å². The fourth-order valence-electron chi connectivity index (χ4n) is 1.94. The van der Waals surface area contributed by atoms with Gasteiger partial charge in [0.15, 0.2) is 6.61 Å². The summed E-state index contributed by atoms with van der Waals surface area (Å²) in [5, 5.41) is 12.7. The fourth-order valence-corrected chi connectivity index (χ4v) is 1.94. The van der Waals surface area contributed by atoms with Crippen molar-refractivity contribution < 1.29 is 14.0 Å². The zero-order chi connectivity index (χ0) is 16.1. The van der Waals surface area contributed by atoms with Crippen LogP contribution in [0.25, 0.3) is 11.4 Å². The Morgan fingerprint density at radius 2 is 1.74 bits per heavy atom. The van der Waals surface area contributed by atoms with E-state index in [-0.39, 0.29) is 6.61 Å². The molecule has 6 nitrogen and oxygen atoms in total. The minimum absolute atomic E-state index is 0.162. The Bertz CT molecular complexity index is 818. The molecule has 0 fully saturated rings. The highest BCUT2D eigenvalue weighted by Crippen LogP contribution is 2.20. The molecule has 3 aromatic rings. The highest BCUT2D eigenvalue weighted by Gasteiger charge is 2.09. The van der Waals surface area contributed by atoms with Gasteiger partial charge in [-0.3, -0.25) is 0 Å². The quantitative estimate of drug-likeness (QED) is 0.720. The first-order valence-corrected chi connectivity index (χ1v) is 6.88. The van der Waals surface area contributed by atoms with E-state index in [0.717, 1.165) is 11.3 Å². The number of ether oxygens (including phenoxy) is 2. The Kier molecular flexibility index (Phi) is 4.20. The van der Waals surface area contributed by atoms with E-state index in [4.69, 9.17) is 19.3 Å². The van der Waals surface area contributed by atoms with Gasteiger partial charge in [-0.2, -0.15) is 10.2 Å². The molecule has 23 heavy (non-hydrogen) atoms. The van der Waals surface area contributed by atoms with E-state index in [1.807, 2.05) is 24.3 Å². The summed E-state index contributed by atoms with van der Waals surface area (Å²) >= 11 is 0. The Hall–Kier alpha value is -3.33. The third-order valence-electron chi connectivity index (χ3n) is 3.16. The Morgan fingerprint density at radius 1 is 1.04 bits per heavy atom. The highest BCUT2D eigenvalue weighted by atomic mass is 16.5. The van der Waals surface area contributed by atoms with Gasteiger partial charge in [0.1, 0.15) is 11.5 Å². The van der Waals surface area contributed by atoms with Crippen molar-refractivity contribution in [1.29, 1.82) is 5.26 Å². The average Bonchev–Trinajstić information content (AvgIpc) is 3.09. The lowest BCUT2D eigenvalue weighted by atomic mass is 10.2. The van der Waals surface area contributed by atoms with Crippen LogP contribution >= 0.6 is 0 Å². The predicted molar refractivity (Wildman–Crippen MR) is 81.8 cm³/mol. The minimum Gasteiger partial charge on any atom is -0.497 e. The van der Waals surface area contributed by atoms with E-state index in [1.165, 1.54) is 0 Å². The van der Waals surface area contributed by atoms with Gasteiger partial charge in [0.05, 0.1) is 18.7 Å². The molecule has 0 saturated heterocycles. The van der Waals surface area contributed by atoms with E-state index < -0.39 is 0 Å². The highest BCUT2D eigenvalue weighted by molar-refractivity contribution is 5.55. The van der Waals surface area contributed by atoms with E-state index >= 15 is 0 Å². The van der Waals surface area contributed by atoms with Crippen LogP contribution in [0.4, 0.5) is 0 Å². The summed E-state index contributed by atoms with van der Waals surface area (Å²) < 4.78 is 15.8. The lowest BCUT2D eigenvalue weighted by molar-refractivity contribution is 0.243. The monoisotopic (exact) mass is 307 g/mol. The number of hydrogen-bond acceptors (Lipinski definition) is 6. The summed E-state index contributed by atoms with van der Waals surface area (Å²) in [5.41, 5.74) is 1.41. The van der Waals surface area contributed by atoms with Gasteiger partial charge in [0, 0.05) is 5.56 Å². The molecule has 0 N–H and O–H groups in total. The fraction of sp³-hybridized carbons (Fsp3) is 0.118. The molecule has 3 rings (SSSR count). The molecule has 0 aliphatic carbocycles. The number of nitriles is 1. The molecule has 1 aromatic heterocycles. The van der Waals surface area contributed by atoms with Gasteiger partial charge in [-0.05, 0) is 48.5 Å². The number of nitrogens with zero attached hydrogens (tertiary/aromatic N) is 3. The molecule has 2 aromatic carbocycles. The van der Waals surface area contributed by atoms with E-state index in [1.54, 1.807) is 31.4 Å². The second-order valence-corrected chi connectivity index (χ2v) is 4.67. The molecule has 0 amide bonds. The zero-order valence-corrected chi connectivity index (χ0v) is 12.4. The Morgan fingerprint density at radius 3 is 2.39 bits per heavy atom. The number of hydrogen-bond donors (Lipinski definition) is 0. The van der Waals surface area contributed by atoms with Crippen LogP contribution in [0.15, 0.2) is 53.1 Å². The maximum Gasteiger partial charge on any atom is 0.264 e. The lowest BCUT2D eigenvalue weighted by Gasteiger charge is -2.02. The molecular weight excluding hydrogens is 294 g/mol. The van der Waals surface area contributed by atoms with Crippen molar-refractivity contribution in [2.45, 2.75) is 6.61 Å². The maximum atomic E-state index is 8.75. The summed E-state index contributed by atoms with van der Waals surface area (Å²) in [7, 11) is 1.61. The molecule has 0 unspecified atom stereocenters. The van der Waals surface area contributed by atoms with Crippen molar-refractivity contribution >= 4 is 0 Å². The molecule has 0 saturated carbocycles. The second-order valence-electron chi connectivity index (χ2n) is 4.67. The SMILES string of the molecule is COc1ccc(-c2noc(COc3ccc(C#N)cc3)n2)cc1. The minimum atomic E-state index is 0.162. The van der Waals surface area contributed by atoms with Crippen molar-refractivity contribution in [2.24, 2.45) is 0 Å². The van der Waals surface area contributed by atoms with Gasteiger partial charge in [-0.25, -0.2) is 0 Å². The molecule has 1 heterocycles. The Labute approximate surface area is 132 Å². The summed E-state index contributed by atoms with van der Waals surface area (Å²) in [4.78, 5) is 4.29. The summed E-state index contributed by atoms with van der Waals surface area (Å²) in [6.45, 7) is 0.162. The van der Waals surface area contributed by atoms with Crippen LogP contribution in [0, 0.1) is 11.3 Å². The van der Waals surface area contributed by atoms with Crippen molar-refractivity contribution in [3.63, 3.8) is 0 Å². The van der Waals surface area contributed by atoms with Crippen LogP contribution in [0.2, 0.25) is 0 Å². The molecule has 0 atom stereocenters. The first-order chi connectivity index (χ1) is 11.3. The average molecular weight is 307 g/mol. The standard InChI is InChI=1S/C17H13N3O3/c1-21-14-8-4-13(5-9-14)17-19-16(23-20-17)11-22-15-6-2-12(10-18)3-7-15/h2-9H,11H2,1H3. The first-order valence-electron chi connectivity index (χ1n) is 6.88. The van der Waals surface area contributed by atoms with E-state index in [0.29, 0.717) is 23.0 Å². The molecule has 6 heteroatoms. The number of rotatable bonds is 5. The van der Waals surface area contributed by atoms with Crippen molar-refractivity contribution in [1.82, 2.24) is 10.1 Å². The van der Waals surface area contributed by atoms with Crippen LogP contribution < -0.4 is 9.47 Å². The molecule has 0 aliphatic rings. The molecule has 114 valence electrons. The third-order valence-corrected chi connectivity index (χ3v) is 3.16. The number of methoxy groups -OCH3 is 1. The van der Waals surface area contributed by atoms with Crippen molar-refractivity contribution in [2.75, 3.05) is 7.11 Å². The molecule has 0 spiro atoms. The molecular formula is C17H13N3O3. The summed E-state index contributed by atoms with van der Waals surface area (Å²) in [6.07, 6.45) is 0. The van der Waals surface area contributed by atoms with Crippen LogP contribution in [-0.2, 0) is 6.61 Å². The van der Waals surface area contributed by atoms with Gasteiger partial charge in [-0.1, -0.05) is 5.16 Å². The topological polar surface area (TPSA) is 81.2 Å². The molecule has 0 radical (unpaired) electrons. The number of benzene rings is 2. The molecule has 0 bridgehead atoms. The smallest absolute Gasteiger partial charge is 0.264 e. The first kappa shape index (κ1) is 14.6. The van der Waals surface area contributed by atoms with Crippen LogP contribution in [-0.4, -0.2) is 17.3 Å². The third kappa shape index (κ3) is 3.47. The van der Waals surface area contributed by atoms with Gasteiger partial charge >= 0.3 is 0 Å². The molecule has 0 aliphatic heterocycles. The predicted octanol–water partition coefficient (Wildman–Crippen LogP) is 3.20. The van der Waals surface area contributed by atoms with Crippen molar-refractivity contribution in [3.05, 3.63) is 60.0 Å². The normalized spacial score (nSPS) is 10.1. The van der Waals surface area contributed by atoms with E-state index in [9.17, 15) is 0 Å². The maximum absolute atomic E-state index is 8.75. The summed E-state index contributed by atoms with van der Waals surface area (Å²) in [6, 6.07) is 16.2. The lowest BCUT2D eigenvalue weighted by Crippen LogP contribution is -1.95. The van der Waals surface area contributed by atoms with Crippen LogP contribution in [0.5, 0.6) is 11.5 Å².